The van der Waals surface area contributed by atoms with Crippen LogP contribution in [0, 0.1) is 5.92 Å². The summed E-state index contributed by atoms with van der Waals surface area (Å²) in [4.78, 5) is 33.9. The van der Waals surface area contributed by atoms with Gasteiger partial charge in [0.2, 0.25) is 5.91 Å². The summed E-state index contributed by atoms with van der Waals surface area (Å²) >= 11 is 12.2. The fraction of sp³-hybridized carbons (Fsp3) is 0.130. The molecule has 3 atom stereocenters. The molecule has 5 rings (SSSR count). The maximum absolute atomic E-state index is 13.5. The predicted molar refractivity (Wildman–Crippen MR) is 117 cm³/mol. The number of hydroxylamine groups is 1. The van der Waals surface area contributed by atoms with Gasteiger partial charge in [-0.1, -0.05) is 53.5 Å². The number of hydrogen-bond donors (Lipinski definition) is 1. The number of anilines is 2. The Hall–Kier alpha value is -3.06. The second-order valence-electron chi connectivity index (χ2n) is 7.39. The van der Waals surface area contributed by atoms with Crippen molar-refractivity contribution < 1.29 is 19.5 Å². The Morgan fingerprint density at radius 2 is 1.45 bits per heavy atom. The van der Waals surface area contributed by atoms with Crippen LogP contribution in [0.3, 0.4) is 0 Å². The molecule has 2 fully saturated rings. The topological polar surface area (TPSA) is 70.1 Å². The molecule has 2 saturated heterocycles. The summed E-state index contributed by atoms with van der Waals surface area (Å²) in [5, 5.41) is 11.9. The van der Waals surface area contributed by atoms with Gasteiger partial charge in [-0.25, -0.2) is 9.96 Å². The van der Waals surface area contributed by atoms with Gasteiger partial charge < -0.3 is 5.11 Å². The fourth-order valence-electron chi connectivity index (χ4n) is 4.15. The molecule has 3 aromatic rings. The minimum atomic E-state index is -0.996. The molecule has 31 heavy (non-hydrogen) atoms. The van der Waals surface area contributed by atoms with Crippen LogP contribution in [0.25, 0.3) is 0 Å². The van der Waals surface area contributed by atoms with E-state index in [4.69, 9.17) is 28.0 Å². The van der Waals surface area contributed by atoms with Crippen LogP contribution in [-0.4, -0.2) is 23.0 Å². The van der Waals surface area contributed by atoms with Crippen LogP contribution in [0.5, 0.6) is 5.75 Å². The predicted octanol–water partition coefficient (Wildman–Crippen LogP) is 4.75. The molecule has 2 aliphatic heterocycles. The van der Waals surface area contributed by atoms with Gasteiger partial charge in [0, 0.05) is 10.0 Å². The summed E-state index contributed by atoms with van der Waals surface area (Å²) in [7, 11) is 0. The Morgan fingerprint density at radius 1 is 0.806 bits per heavy atom. The molecule has 0 unspecified atom stereocenters. The lowest BCUT2D eigenvalue weighted by molar-refractivity contribution is -0.126. The first-order chi connectivity index (χ1) is 14.9. The zero-order valence-electron chi connectivity index (χ0n) is 16.0. The molecule has 2 amide bonds. The number of halogens is 2. The summed E-state index contributed by atoms with van der Waals surface area (Å²) in [6.07, 6.45) is -0.996. The first kappa shape index (κ1) is 19.9. The Balaban J connectivity index is 1.59. The molecule has 2 heterocycles. The number of carbonyl (C=O) groups is 2. The second kappa shape index (κ2) is 7.57. The van der Waals surface area contributed by atoms with Gasteiger partial charge in [0.25, 0.3) is 5.91 Å². The number of benzene rings is 3. The average molecular weight is 455 g/mol. The Bertz CT molecular complexity index is 1150. The van der Waals surface area contributed by atoms with Crippen molar-refractivity contribution >= 4 is 46.4 Å². The van der Waals surface area contributed by atoms with Crippen molar-refractivity contribution in [1.29, 1.82) is 0 Å². The highest BCUT2D eigenvalue weighted by molar-refractivity contribution is 6.35. The van der Waals surface area contributed by atoms with E-state index in [2.05, 4.69) is 0 Å². The summed E-state index contributed by atoms with van der Waals surface area (Å²) in [5.74, 6) is -1.55. The average Bonchev–Trinajstić information content (AvgIpc) is 3.25. The van der Waals surface area contributed by atoms with Crippen molar-refractivity contribution in [2.75, 3.05) is 9.96 Å². The molecule has 0 aromatic heterocycles. The lowest BCUT2D eigenvalue weighted by atomic mass is 9.90. The van der Waals surface area contributed by atoms with Crippen molar-refractivity contribution in [1.82, 2.24) is 0 Å². The maximum atomic E-state index is 13.5. The molecule has 3 aromatic carbocycles. The highest BCUT2D eigenvalue weighted by Crippen LogP contribution is 2.48. The van der Waals surface area contributed by atoms with Gasteiger partial charge in [-0.05, 0) is 48.0 Å². The second-order valence-corrected chi connectivity index (χ2v) is 8.26. The molecule has 1 N–H and O–H groups in total. The van der Waals surface area contributed by atoms with Gasteiger partial charge in [-0.2, -0.15) is 0 Å². The van der Waals surface area contributed by atoms with Crippen LogP contribution in [0.4, 0.5) is 11.4 Å². The molecule has 8 heteroatoms. The van der Waals surface area contributed by atoms with Gasteiger partial charge >= 0.3 is 0 Å². The Kier molecular flexibility index (Phi) is 4.85. The van der Waals surface area contributed by atoms with E-state index in [1.165, 1.54) is 18.2 Å². The van der Waals surface area contributed by atoms with Crippen LogP contribution >= 0.6 is 23.2 Å². The van der Waals surface area contributed by atoms with Crippen molar-refractivity contribution in [3.63, 3.8) is 0 Å². The molecular weight excluding hydrogens is 439 g/mol. The van der Waals surface area contributed by atoms with Crippen LogP contribution in [-0.2, 0) is 14.4 Å². The van der Waals surface area contributed by atoms with E-state index in [9.17, 15) is 14.7 Å². The van der Waals surface area contributed by atoms with Gasteiger partial charge in [0.05, 0.1) is 17.4 Å². The maximum Gasteiger partial charge on any atom is 0.266 e. The van der Waals surface area contributed by atoms with E-state index in [1.807, 2.05) is 30.3 Å². The lowest BCUT2D eigenvalue weighted by Gasteiger charge is -2.28. The zero-order valence-corrected chi connectivity index (χ0v) is 17.5. The van der Waals surface area contributed by atoms with Crippen LogP contribution in [0.15, 0.2) is 72.8 Å². The number of rotatable bonds is 3. The van der Waals surface area contributed by atoms with E-state index >= 15 is 0 Å². The molecule has 156 valence electrons. The van der Waals surface area contributed by atoms with Crippen molar-refractivity contribution in [2.45, 2.75) is 12.1 Å². The monoisotopic (exact) mass is 454 g/mol. The number of nitrogens with zero attached hydrogens (tertiary/aromatic N) is 2. The van der Waals surface area contributed by atoms with E-state index in [0.717, 1.165) is 10.5 Å². The van der Waals surface area contributed by atoms with E-state index in [0.29, 0.717) is 21.4 Å². The Morgan fingerprint density at radius 3 is 2.10 bits per heavy atom. The first-order valence-corrected chi connectivity index (χ1v) is 10.3. The number of phenols is 1. The molecular formula is C23H16Cl2N2O4. The SMILES string of the molecule is O=C1[C@H]2[C@@H](c3ccc(O)cc3)N(c3ccccc3)O[C@H]2C(=O)N1c1cc(Cl)cc(Cl)c1. The highest BCUT2D eigenvalue weighted by atomic mass is 35.5. The van der Waals surface area contributed by atoms with Gasteiger partial charge in [0.15, 0.2) is 6.10 Å². The zero-order chi connectivity index (χ0) is 21.7. The first-order valence-electron chi connectivity index (χ1n) is 9.58. The standard InChI is InChI=1S/C23H16Cl2N2O4/c24-14-10-15(25)12-17(11-14)26-22(29)19-20(13-6-8-18(28)9-7-13)27(31-21(19)23(26)30)16-4-2-1-3-5-16/h1-12,19-21,28H/t19-,20+,21+/m0/s1. The lowest BCUT2D eigenvalue weighted by Crippen LogP contribution is -2.37. The van der Waals surface area contributed by atoms with E-state index in [1.54, 1.807) is 29.3 Å². The van der Waals surface area contributed by atoms with Crippen LogP contribution in [0.2, 0.25) is 10.0 Å². The number of hydrogen-bond acceptors (Lipinski definition) is 5. The third kappa shape index (κ3) is 3.33. The van der Waals surface area contributed by atoms with Gasteiger partial charge in [0.1, 0.15) is 11.7 Å². The quantitative estimate of drug-likeness (QED) is 0.578. The number of para-hydroxylation sites is 1. The van der Waals surface area contributed by atoms with Crippen LogP contribution in [0.1, 0.15) is 11.6 Å². The minimum Gasteiger partial charge on any atom is -0.508 e. The molecule has 0 aliphatic carbocycles. The van der Waals surface area contributed by atoms with Crippen molar-refractivity contribution in [3.8, 4) is 5.75 Å². The normalized spacial score (nSPS) is 22.8. The van der Waals surface area contributed by atoms with Gasteiger partial charge in [-0.3, -0.25) is 14.4 Å². The molecule has 6 nitrogen and oxygen atoms in total. The number of imide groups is 1. The summed E-state index contributed by atoms with van der Waals surface area (Å²) in [6.45, 7) is 0. The number of aromatic hydroxyl groups is 1. The number of amides is 2. The largest absolute Gasteiger partial charge is 0.508 e. The molecule has 0 saturated carbocycles. The number of carbonyl (C=O) groups excluding carboxylic acids is 2. The summed E-state index contributed by atoms with van der Waals surface area (Å²) < 4.78 is 0. The molecule has 0 radical (unpaired) electrons. The summed E-state index contributed by atoms with van der Waals surface area (Å²) in [6, 6.07) is 19.8. The molecule has 2 aliphatic rings. The van der Waals surface area contributed by atoms with Crippen molar-refractivity contribution in [3.05, 3.63) is 88.4 Å². The Labute approximate surface area is 188 Å². The van der Waals surface area contributed by atoms with E-state index in [-0.39, 0.29) is 5.75 Å². The fourth-order valence-corrected chi connectivity index (χ4v) is 4.66. The third-order valence-corrected chi connectivity index (χ3v) is 5.90. The van der Waals surface area contributed by atoms with E-state index < -0.39 is 29.9 Å². The number of fused-ring (bicyclic) bond motifs is 1. The van der Waals surface area contributed by atoms with Gasteiger partial charge in [-0.15, -0.1) is 0 Å². The van der Waals surface area contributed by atoms with Crippen molar-refractivity contribution in [2.24, 2.45) is 5.92 Å². The molecule has 0 spiro atoms. The minimum absolute atomic E-state index is 0.106. The van der Waals surface area contributed by atoms with Crippen LogP contribution < -0.4 is 9.96 Å². The summed E-state index contributed by atoms with van der Waals surface area (Å²) in [5.41, 5.74) is 1.76. The third-order valence-electron chi connectivity index (χ3n) is 5.47. The smallest absolute Gasteiger partial charge is 0.266 e. The highest BCUT2D eigenvalue weighted by Gasteiger charge is 2.60. The number of phenolic OH excluding ortho intramolecular Hbond substituents is 1. The molecule has 0 bridgehead atoms.